The minimum absolute atomic E-state index is 0. The Morgan fingerprint density at radius 2 is 1.92 bits per heavy atom. The van der Waals surface area contributed by atoms with Gasteiger partial charge in [0, 0.05) is 51.9 Å². The fraction of sp³-hybridized carbons (Fsp3) is 0.786. The molecule has 1 atom stereocenters. The quantitative estimate of drug-likeness (QED) is 0.739. The average molecular weight is 418 g/mol. The van der Waals surface area contributed by atoms with Crippen LogP contribution in [0, 0.1) is 0 Å². The third-order valence-electron chi connectivity index (χ3n) is 4.60. The number of fused-ring (bicyclic) bond motifs is 1. The molecule has 3 rings (SSSR count). The molecule has 3 heterocycles. The SMILES string of the molecule is Cl.O=S(=O)(NCC(N1CCNCC1)C(F)(F)F)c1cn2c(n1)CCCC2. The van der Waals surface area contributed by atoms with Crippen molar-refractivity contribution in [1.82, 2.24) is 24.5 Å². The highest BCUT2D eigenvalue weighted by atomic mass is 35.5. The molecular weight excluding hydrogens is 395 g/mol. The minimum atomic E-state index is -4.51. The number of imidazole rings is 1. The fourth-order valence-corrected chi connectivity index (χ4v) is 4.24. The fourth-order valence-electron chi connectivity index (χ4n) is 3.22. The lowest BCUT2D eigenvalue weighted by atomic mass is 10.2. The number of aryl methyl sites for hydroxylation is 2. The van der Waals surface area contributed by atoms with Crippen molar-refractivity contribution in [3.05, 3.63) is 12.0 Å². The Bertz CT molecular complexity index is 680. The molecule has 2 aliphatic heterocycles. The summed E-state index contributed by atoms with van der Waals surface area (Å²) in [6.07, 6.45) is -0.544. The minimum Gasteiger partial charge on any atom is -0.333 e. The van der Waals surface area contributed by atoms with Gasteiger partial charge in [-0.1, -0.05) is 0 Å². The van der Waals surface area contributed by atoms with Gasteiger partial charge in [-0.2, -0.15) is 13.2 Å². The van der Waals surface area contributed by atoms with Gasteiger partial charge >= 0.3 is 6.18 Å². The molecule has 1 unspecified atom stereocenters. The average Bonchev–Trinajstić information content (AvgIpc) is 3.00. The Hall–Kier alpha value is -0.880. The molecule has 0 aliphatic carbocycles. The number of alkyl halides is 3. The molecule has 7 nitrogen and oxygen atoms in total. The van der Waals surface area contributed by atoms with Crippen LogP contribution in [0.3, 0.4) is 0 Å². The molecule has 1 aromatic rings. The van der Waals surface area contributed by atoms with Crippen molar-refractivity contribution in [2.24, 2.45) is 0 Å². The van der Waals surface area contributed by atoms with E-state index in [1.54, 1.807) is 4.57 Å². The Kier molecular flexibility index (Phi) is 6.94. The number of nitrogens with one attached hydrogen (secondary N) is 2. The smallest absolute Gasteiger partial charge is 0.333 e. The van der Waals surface area contributed by atoms with E-state index >= 15 is 0 Å². The van der Waals surface area contributed by atoms with Gasteiger partial charge in [0.1, 0.15) is 11.9 Å². The molecule has 1 fully saturated rings. The molecule has 1 aromatic heterocycles. The number of hydrogen-bond donors (Lipinski definition) is 2. The lowest BCUT2D eigenvalue weighted by molar-refractivity contribution is -0.182. The van der Waals surface area contributed by atoms with Gasteiger partial charge in [0.25, 0.3) is 10.0 Å². The second kappa shape index (κ2) is 8.42. The maximum absolute atomic E-state index is 13.4. The summed E-state index contributed by atoms with van der Waals surface area (Å²) in [6, 6.07) is -1.85. The van der Waals surface area contributed by atoms with Crippen molar-refractivity contribution in [3.63, 3.8) is 0 Å². The first-order valence-corrected chi connectivity index (χ1v) is 9.83. The van der Waals surface area contributed by atoms with Gasteiger partial charge in [-0.15, -0.1) is 12.4 Å². The lowest BCUT2D eigenvalue weighted by Crippen LogP contribution is -2.57. The van der Waals surface area contributed by atoms with E-state index in [1.807, 2.05) is 0 Å². The summed E-state index contributed by atoms with van der Waals surface area (Å²) in [5.41, 5.74) is 0. The second-order valence-electron chi connectivity index (χ2n) is 6.34. The lowest BCUT2D eigenvalue weighted by Gasteiger charge is -2.35. The summed E-state index contributed by atoms with van der Waals surface area (Å²) in [6.45, 7) is 1.33. The molecule has 0 radical (unpaired) electrons. The maximum Gasteiger partial charge on any atom is 0.405 e. The van der Waals surface area contributed by atoms with Gasteiger partial charge in [-0.05, 0) is 12.8 Å². The first kappa shape index (κ1) is 21.4. The van der Waals surface area contributed by atoms with Crippen LogP contribution in [0.15, 0.2) is 11.2 Å². The van der Waals surface area contributed by atoms with Crippen LogP contribution in [-0.4, -0.2) is 67.8 Å². The summed E-state index contributed by atoms with van der Waals surface area (Å²) < 4.78 is 68.7. The first-order valence-electron chi connectivity index (χ1n) is 8.34. The molecule has 0 spiro atoms. The number of sulfonamides is 1. The molecule has 2 N–H and O–H groups in total. The zero-order valence-corrected chi connectivity index (χ0v) is 15.8. The van der Waals surface area contributed by atoms with Crippen LogP contribution >= 0.6 is 12.4 Å². The summed E-state index contributed by atoms with van der Waals surface area (Å²) in [5, 5.41) is 2.78. The van der Waals surface area contributed by atoms with E-state index in [2.05, 4.69) is 15.0 Å². The molecule has 150 valence electrons. The van der Waals surface area contributed by atoms with Crippen molar-refractivity contribution >= 4 is 22.4 Å². The predicted octanol–water partition coefficient (Wildman–Crippen LogP) is 0.756. The number of nitrogens with zero attached hydrogens (tertiary/aromatic N) is 3. The molecule has 2 aliphatic rings. The van der Waals surface area contributed by atoms with Crippen LogP contribution in [-0.2, 0) is 23.0 Å². The van der Waals surface area contributed by atoms with Crippen LogP contribution in [0.25, 0.3) is 0 Å². The number of halogens is 4. The van der Waals surface area contributed by atoms with E-state index in [0.717, 1.165) is 12.8 Å². The van der Waals surface area contributed by atoms with E-state index < -0.39 is 28.8 Å². The first-order chi connectivity index (χ1) is 11.8. The third kappa shape index (κ3) is 4.89. The second-order valence-corrected chi connectivity index (χ2v) is 8.05. The summed E-state index contributed by atoms with van der Waals surface area (Å²) in [7, 11) is -4.07. The summed E-state index contributed by atoms with van der Waals surface area (Å²) >= 11 is 0. The maximum atomic E-state index is 13.4. The zero-order chi connectivity index (χ0) is 18.1. The van der Waals surface area contributed by atoms with Crippen LogP contribution in [0.4, 0.5) is 13.2 Å². The van der Waals surface area contributed by atoms with Crippen LogP contribution in [0.2, 0.25) is 0 Å². The van der Waals surface area contributed by atoms with Gasteiger partial charge in [0.15, 0.2) is 5.03 Å². The zero-order valence-electron chi connectivity index (χ0n) is 14.1. The highest BCUT2D eigenvalue weighted by Crippen LogP contribution is 2.25. The highest BCUT2D eigenvalue weighted by Gasteiger charge is 2.44. The summed E-state index contributed by atoms with van der Waals surface area (Å²) in [4.78, 5) is 5.34. The Morgan fingerprint density at radius 3 is 2.54 bits per heavy atom. The van der Waals surface area contributed by atoms with Crippen LogP contribution in [0.5, 0.6) is 0 Å². The van der Waals surface area contributed by atoms with E-state index in [9.17, 15) is 21.6 Å². The number of piperazine rings is 1. The predicted molar refractivity (Wildman–Crippen MR) is 91.9 cm³/mol. The highest BCUT2D eigenvalue weighted by molar-refractivity contribution is 7.89. The van der Waals surface area contributed by atoms with Crippen molar-refractivity contribution in [2.75, 3.05) is 32.7 Å². The molecule has 0 amide bonds. The van der Waals surface area contributed by atoms with E-state index in [4.69, 9.17) is 0 Å². The monoisotopic (exact) mass is 417 g/mol. The molecule has 0 bridgehead atoms. The van der Waals surface area contributed by atoms with Gasteiger partial charge in [0.05, 0.1) is 0 Å². The Morgan fingerprint density at radius 1 is 1.23 bits per heavy atom. The topological polar surface area (TPSA) is 79.3 Å². The van der Waals surface area contributed by atoms with Crippen molar-refractivity contribution in [1.29, 1.82) is 0 Å². The third-order valence-corrected chi connectivity index (χ3v) is 5.89. The normalized spacial score (nSPS) is 20.3. The van der Waals surface area contributed by atoms with Crippen molar-refractivity contribution in [3.8, 4) is 0 Å². The number of rotatable bonds is 5. The summed E-state index contributed by atoms with van der Waals surface area (Å²) in [5.74, 6) is 0.668. The van der Waals surface area contributed by atoms with Gasteiger partial charge < -0.3 is 9.88 Å². The van der Waals surface area contributed by atoms with E-state index in [-0.39, 0.29) is 30.5 Å². The number of hydrogen-bond acceptors (Lipinski definition) is 5. The van der Waals surface area contributed by atoms with Crippen LogP contribution < -0.4 is 10.0 Å². The van der Waals surface area contributed by atoms with Crippen molar-refractivity contribution < 1.29 is 21.6 Å². The molecule has 0 aromatic carbocycles. The molecule has 0 saturated carbocycles. The van der Waals surface area contributed by atoms with Gasteiger partial charge in [-0.25, -0.2) is 18.1 Å². The largest absolute Gasteiger partial charge is 0.405 e. The van der Waals surface area contributed by atoms with Gasteiger partial charge in [-0.3, -0.25) is 4.90 Å². The standard InChI is InChI=1S/C14H22F3N5O2S.ClH/c15-14(16,17)11(21-7-4-18-5-8-21)9-19-25(23,24)13-10-22-6-2-1-3-12(22)20-13;/h10-11,18-19H,1-9H2;1H. The van der Waals surface area contributed by atoms with Crippen LogP contribution in [0.1, 0.15) is 18.7 Å². The Balaban J connectivity index is 0.00000243. The van der Waals surface area contributed by atoms with E-state index in [1.165, 1.54) is 11.1 Å². The Labute approximate surface area is 156 Å². The molecule has 1 saturated heterocycles. The van der Waals surface area contributed by atoms with Crippen molar-refractivity contribution in [2.45, 2.75) is 43.1 Å². The van der Waals surface area contributed by atoms with E-state index in [0.29, 0.717) is 31.9 Å². The van der Waals surface area contributed by atoms with Gasteiger partial charge in [0.2, 0.25) is 0 Å². The molecule has 26 heavy (non-hydrogen) atoms. The molecule has 12 heteroatoms. The number of aromatic nitrogens is 2. The molecular formula is C14H23ClF3N5O2S.